The van der Waals surface area contributed by atoms with E-state index in [9.17, 15) is 18.3 Å². The van der Waals surface area contributed by atoms with Crippen LogP contribution in [0.3, 0.4) is 0 Å². The summed E-state index contributed by atoms with van der Waals surface area (Å²) in [4.78, 5) is 11.2. The molecule has 24 heavy (non-hydrogen) atoms. The maximum atomic E-state index is 12.0. The van der Waals surface area contributed by atoms with Crippen molar-refractivity contribution < 1.29 is 23.1 Å². The molecule has 2 N–H and O–H groups in total. The van der Waals surface area contributed by atoms with Gasteiger partial charge in [-0.1, -0.05) is 30.3 Å². The number of hydrogen-bond acceptors (Lipinski definition) is 4. The zero-order valence-electron chi connectivity index (χ0n) is 12.6. The summed E-state index contributed by atoms with van der Waals surface area (Å²) in [5.41, 5.74) is 0.641. The largest absolute Gasteiger partial charge is 0.480 e. The number of aliphatic carboxylic acids is 1. The maximum Gasteiger partial charge on any atom is 0.323 e. The molecule has 8 heteroatoms. The van der Waals surface area contributed by atoms with Gasteiger partial charge in [-0.05, 0) is 29.8 Å². The minimum Gasteiger partial charge on any atom is -0.480 e. The van der Waals surface area contributed by atoms with Crippen molar-refractivity contribution in [3.8, 4) is 11.5 Å². The van der Waals surface area contributed by atoms with Gasteiger partial charge in [-0.2, -0.15) is 17.4 Å². The molecule has 0 saturated carbocycles. The summed E-state index contributed by atoms with van der Waals surface area (Å²) in [6.45, 7) is -0.184. The third kappa shape index (κ3) is 3.56. The molecule has 0 spiro atoms. The van der Waals surface area contributed by atoms with Crippen molar-refractivity contribution in [3.63, 3.8) is 0 Å². The van der Waals surface area contributed by atoms with Gasteiger partial charge in [-0.3, -0.25) is 4.79 Å². The minimum atomic E-state index is -3.79. The molecule has 1 heterocycles. The first kappa shape index (κ1) is 16.4. The van der Waals surface area contributed by atoms with Gasteiger partial charge in [-0.25, -0.2) is 0 Å². The Morgan fingerprint density at radius 3 is 2.58 bits per heavy atom. The SMILES string of the molecule is O=C(O)C1CNS(=O)(=O)N1Cc1cccc(Oc2ccccc2)c1. The summed E-state index contributed by atoms with van der Waals surface area (Å²) in [6.07, 6.45) is 0. The van der Waals surface area contributed by atoms with Crippen molar-refractivity contribution in [2.24, 2.45) is 0 Å². The number of nitrogens with zero attached hydrogens (tertiary/aromatic N) is 1. The summed E-state index contributed by atoms with van der Waals surface area (Å²) in [5.74, 6) is 0.0314. The number of carboxylic acids is 1. The Morgan fingerprint density at radius 2 is 1.88 bits per heavy atom. The highest BCUT2D eigenvalue weighted by atomic mass is 32.2. The normalized spacial score (nSPS) is 19.9. The van der Waals surface area contributed by atoms with E-state index in [0.29, 0.717) is 17.1 Å². The molecule has 7 nitrogen and oxygen atoms in total. The number of para-hydroxylation sites is 1. The number of carbonyl (C=O) groups is 1. The number of hydrogen-bond donors (Lipinski definition) is 2. The van der Waals surface area contributed by atoms with E-state index in [1.807, 2.05) is 30.3 Å². The van der Waals surface area contributed by atoms with Crippen LogP contribution in [-0.4, -0.2) is 36.4 Å². The molecule has 0 bridgehead atoms. The average molecular weight is 348 g/mol. The molecule has 0 amide bonds. The van der Waals surface area contributed by atoms with E-state index in [1.165, 1.54) is 0 Å². The lowest BCUT2D eigenvalue weighted by Crippen LogP contribution is -2.39. The molecular weight excluding hydrogens is 332 g/mol. The van der Waals surface area contributed by atoms with E-state index in [1.54, 1.807) is 24.3 Å². The van der Waals surface area contributed by atoms with Gasteiger partial charge in [0.05, 0.1) is 0 Å². The second kappa shape index (κ2) is 6.60. The van der Waals surface area contributed by atoms with Crippen LogP contribution in [0, 0.1) is 0 Å². The van der Waals surface area contributed by atoms with Crippen molar-refractivity contribution in [2.75, 3.05) is 6.54 Å². The van der Waals surface area contributed by atoms with Crippen molar-refractivity contribution in [1.29, 1.82) is 0 Å². The zero-order chi connectivity index (χ0) is 17.2. The van der Waals surface area contributed by atoms with E-state index in [4.69, 9.17) is 4.74 Å². The van der Waals surface area contributed by atoms with Crippen molar-refractivity contribution >= 4 is 16.2 Å². The van der Waals surface area contributed by atoms with Gasteiger partial charge >= 0.3 is 5.97 Å². The van der Waals surface area contributed by atoms with Gasteiger partial charge in [0.1, 0.15) is 17.5 Å². The highest BCUT2D eigenvalue weighted by Gasteiger charge is 2.41. The Kier molecular flexibility index (Phi) is 4.52. The van der Waals surface area contributed by atoms with Crippen LogP contribution in [0.4, 0.5) is 0 Å². The van der Waals surface area contributed by atoms with E-state index in [0.717, 1.165) is 4.31 Å². The highest BCUT2D eigenvalue weighted by molar-refractivity contribution is 7.87. The Morgan fingerprint density at radius 1 is 1.17 bits per heavy atom. The first-order chi connectivity index (χ1) is 11.5. The van der Waals surface area contributed by atoms with Crippen molar-refractivity contribution in [2.45, 2.75) is 12.6 Å². The second-order valence-electron chi connectivity index (χ2n) is 5.32. The average Bonchev–Trinajstić information content (AvgIpc) is 2.84. The van der Waals surface area contributed by atoms with Crippen LogP contribution in [0.25, 0.3) is 0 Å². The number of carboxylic acid groups (broad SMARTS) is 1. The lowest BCUT2D eigenvalue weighted by Gasteiger charge is -2.18. The molecule has 1 saturated heterocycles. The first-order valence-electron chi connectivity index (χ1n) is 7.27. The fourth-order valence-corrected chi connectivity index (χ4v) is 3.81. The Hall–Kier alpha value is -2.42. The smallest absolute Gasteiger partial charge is 0.323 e. The monoisotopic (exact) mass is 348 g/mol. The molecule has 0 radical (unpaired) electrons. The Labute approximate surface area is 139 Å². The maximum absolute atomic E-state index is 12.0. The van der Waals surface area contributed by atoms with Crippen LogP contribution in [0.2, 0.25) is 0 Å². The molecule has 2 aromatic rings. The van der Waals surface area contributed by atoms with Crippen molar-refractivity contribution in [3.05, 3.63) is 60.2 Å². The lowest BCUT2D eigenvalue weighted by atomic mass is 10.2. The predicted molar refractivity (Wildman–Crippen MR) is 86.8 cm³/mol. The van der Waals surface area contributed by atoms with Crippen LogP contribution >= 0.6 is 0 Å². The van der Waals surface area contributed by atoms with E-state index >= 15 is 0 Å². The molecule has 1 aliphatic heterocycles. The van der Waals surface area contributed by atoms with Crippen LogP contribution < -0.4 is 9.46 Å². The molecule has 2 aromatic carbocycles. The Bertz CT molecular complexity index is 839. The first-order valence-corrected chi connectivity index (χ1v) is 8.71. The predicted octanol–water partition coefficient (Wildman–Crippen LogP) is 1.58. The van der Waals surface area contributed by atoms with Crippen LogP contribution in [-0.2, 0) is 21.5 Å². The molecule has 1 aliphatic rings. The molecular formula is C16H16N2O5S. The van der Waals surface area contributed by atoms with Gasteiger partial charge in [0, 0.05) is 13.1 Å². The minimum absolute atomic E-state index is 0.0434. The zero-order valence-corrected chi connectivity index (χ0v) is 13.4. The van der Waals surface area contributed by atoms with Crippen molar-refractivity contribution in [1.82, 2.24) is 9.03 Å². The molecule has 0 aromatic heterocycles. The quantitative estimate of drug-likeness (QED) is 0.855. The summed E-state index contributed by atoms with van der Waals surface area (Å²) in [5, 5.41) is 9.17. The van der Waals surface area contributed by atoms with Gasteiger partial charge in [-0.15, -0.1) is 0 Å². The summed E-state index contributed by atoms with van der Waals surface area (Å²) in [6, 6.07) is 15.0. The fourth-order valence-electron chi connectivity index (χ4n) is 2.45. The molecule has 1 fully saturated rings. The second-order valence-corrected chi connectivity index (χ2v) is 7.02. The Balaban J connectivity index is 1.80. The highest BCUT2D eigenvalue weighted by Crippen LogP contribution is 2.24. The van der Waals surface area contributed by atoms with E-state index in [2.05, 4.69) is 4.72 Å². The number of nitrogens with one attached hydrogen (secondary N) is 1. The molecule has 1 unspecified atom stereocenters. The summed E-state index contributed by atoms with van der Waals surface area (Å²) < 4.78 is 32.8. The topological polar surface area (TPSA) is 95.9 Å². The molecule has 1 atom stereocenters. The van der Waals surface area contributed by atoms with Gasteiger partial charge < -0.3 is 9.84 Å². The van der Waals surface area contributed by atoms with Crippen LogP contribution in [0.1, 0.15) is 5.56 Å². The summed E-state index contributed by atoms with van der Waals surface area (Å²) >= 11 is 0. The number of rotatable bonds is 5. The molecule has 0 aliphatic carbocycles. The number of ether oxygens (including phenoxy) is 1. The van der Waals surface area contributed by atoms with Gasteiger partial charge in [0.2, 0.25) is 0 Å². The third-order valence-electron chi connectivity index (χ3n) is 3.62. The fraction of sp³-hybridized carbons (Fsp3) is 0.188. The third-order valence-corrected chi connectivity index (χ3v) is 5.15. The van der Waals surface area contributed by atoms with Crippen LogP contribution in [0.5, 0.6) is 11.5 Å². The van der Waals surface area contributed by atoms with E-state index in [-0.39, 0.29) is 13.1 Å². The molecule has 3 rings (SSSR count). The lowest BCUT2D eigenvalue weighted by molar-refractivity contribution is -0.140. The standard InChI is InChI=1S/C16H16N2O5S/c19-16(20)15-10-17-24(21,22)18(15)11-12-5-4-8-14(9-12)23-13-6-2-1-3-7-13/h1-9,15,17H,10-11H2,(H,19,20). The molecule has 126 valence electrons. The number of benzene rings is 2. The van der Waals surface area contributed by atoms with Gasteiger partial charge in [0.15, 0.2) is 0 Å². The van der Waals surface area contributed by atoms with Gasteiger partial charge in [0.25, 0.3) is 10.2 Å². The van der Waals surface area contributed by atoms with E-state index < -0.39 is 22.2 Å². The summed E-state index contributed by atoms with van der Waals surface area (Å²) in [7, 11) is -3.79. The van der Waals surface area contributed by atoms with Crippen LogP contribution in [0.15, 0.2) is 54.6 Å².